The van der Waals surface area contributed by atoms with E-state index in [4.69, 9.17) is 10.8 Å². The number of carboxylic acids is 1. The fourth-order valence-corrected chi connectivity index (χ4v) is 2.59. The molecule has 0 radical (unpaired) electrons. The van der Waals surface area contributed by atoms with Crippen LogP contribution >= 0.6 is 11.8 Å². The molecule has 1 aromatic rings. The fraction of sp³-hybridized carbons (Fsp3) is 0.500. The van der Waals surface area contributed by atoms with Crippen molar-refractivity contribution in [2.45, 2.75) is 25.0 Å². The van der Waals surface area contributed by atoms with E-state index in [0.717, 1.165) is 29.2 Å². The van der Waals surface area contributed by atoms with E-state index in [1.54, 1.807) is 0 Å². The molecular weight excluding hydrogens is 226 g/mol. The Labute approximate surface area is 97.5 Å². The SMILES string of the molecule is Nc1nc(CCC(=O)O)nc2c1CCSC2. The summed E-state index contributed by atoms with van der Waals surface area (Å²) in [6.07, 6.45) is 1.30. The molecule has 0 spiro atoms. The second kappa shape index (κ2) is 4.69. The third kappa shape index (κ3) is 2.44. The lowest BCUT2D eigenvalue weighted by molar-refractivity contribution is -0.137. The first-order chi connectivity index (χ1) is 7.66. The van der Waals surface area contributed by atoms with Crippen LogP contribution in [0, 0.1) is 0 Å². The van der Waals surface area contributed by atoms with Crippen LogP contribution in [0.5, 0.6) is 0 Å². The molecule has 2 heterocycles. The molecule has 16 heavy (non-hydrogen) atoms. The van der Waals surface area contributed by atoms with E-state index < -0.39 is 5.97 Å². The van der Waals surface area contributed by atoms with E-state index in [1.165, 1.54) is 0 Å². The van der Waals surface area contributed by atoms with Crippen LogP contribution in [0.15, 0.2) is 0 Å². The standard InChI is InChI=1S/C10H13N3O2S/c11-10-6-3-4-16-5-7(6)12-8(13-10)1-2-9(14)15/h1-5H2,(H,14,15)(H2,11,12,13). The van der Waals surface area contributed by atoms with Crippen LogP contribution < -0.4 is 5.73 Å². The Morgan fingerprint density at radius 2 is 2.31 bits per heavy atom. The van der Waals surface area contributed by atoms with E-state index in [2.05, 4.69) is 9.97 Å². The zero-order chi connectivity index (χ0) is 11.5. The number of aliphatic carboxylic acids is 1. The largest absolute Gasteiger partial charge is 0.481 e. The van der Waals surface area contributed by atoms with Crippen molar-refractivity contribution in [2.24, 2.45) is 0 Å². The summed E-state index contributed by atoms with van der Waals surface area (Å²) < 4.78 is 0. The number of aryl methyl sites for hydroxylation is 1. The van der Waals surface area contributed by atoms with E-state index in [1.807, 2.05) is 11.8 Å². The van der Waals surface area contributed by atoms with Gasteiger partial charge in [-0.25, -0.2) is 9.97 Å². The molecule has 0 aromatic carbocycles. The summed E-state index contributed by atoms with van der Waals surface area (Å²) in [5.41, 5.74) is 7.86. The topological polar surface area (TPSA) is 89.1 Å². The Morgan fingerprint density at radius 1 is 1.50 bits per heavy atom. The number of anilines is 1. The Kier molecular flexibility index (Phi) is 3.28. The first kappa shape index (κ1) is 11.2. The number of carbonyl (C=O) groups is 1. The Morgan fingerprint density at radius 3 is 3.06 bits per heavy atom. The third-order valence-electron chi connectivity index (χ3n) is 2.47. The summed E-state index contributed by atoms with van der Waals surface area (Å²) in [7, 11) is 0. The van der Waals surface area contributed by atoms with Gasteiger partial charge in [-0.05, 0) is 12.2 Å². The summed E-state index contributed by atoms with van der Waals surface area (Å²) in [4.78, 5) is 19.0. The molecule has 0 saturated carbocycles. The number of thioether (sulfide) groups is 1. The number of hydrogen-bond donors (Lipinski definition) is 2. The molecule has 0 bridgehead atoms. The lowest BCUT2D eigenvalue weighted by Gasteiger charge is -2.16. The van der Waals surface area contributed by atoms with Crippen molar-refractivity contribution in [3.63, 3.8) is 0 Å². The second-order valence-electron chi connectivity index (χ2n) is 3.65. The van der Waals surface area contributed by atoms with Crippen LogP contribution in [0.4, 0.5) is 5.82 Å². The normalized spacial score (nSPS) is 14.5. The monoisotopic (exact) mass is 239 g/mol. The van der Waals surface area contributed by atoms with Gasteiger partial charge in [0.1, 0.15) is 11.6 Å². The lowest BCUT2D eigenvalue weighted by Crippen LogP contribution is -2.13. The van der Waals surface area contributed by atoms with Crippen LogP contribution in [0.2, 0.25) is 0 Å². The van der Waals surface area contributed by atoms with Crippen molar-refractivity contribution < 1.29 is 9.90 Å². The van der Waals surface area contributed by atoms with Crippen molar-refractivity contribution in [2.75, 3.05) is 11.5 Å². The van der Waals surface area contributed by atoms with Crippen LogP contribution in [-0.2, 0) is 23.4 Å². The number of nitrogen functional groups attached to an aromatic ring is 1. The maximum absolute atomic E-state index is 10.5. The second-order valence-corrected chi connectivity index (χ2v) is 4.75. The Bertz CT molecular complexity index is 423. The number of nitrogens with two attached hydrogens (primary N) is 1. The summed E-state index contributed by atoms with van der Waals surface area (Å²) in [5.74, 6) is 2.12. The predicted molar refractivity (Wildman–Crippen MR) is 62.3 cm³/mol. The minimum atomic E-state index is -0.839. The third-order valence-corrected chi connectivity index (χ3v) is 3.44. The number of hydrogen-bond acceptors (Lipinski definition) is 5. The number of nitrogens with zero attached hydrogens (tertiary/aromatic N) is 2. The summed E-state index contributed by atoms with van der Waals surface area (Å²) in [6, 6.07) is 0. The van der Waals surface area contributed by atoms with E-state index in [-0.39, 0.29) is 6.42 Å². The molecule has 0 amide bonds. The lowest BCUT2D eigenvalue weighted by atomic mass is 10.1. The van der Waals surface area contributed by atoms with Gasteiger partial charge in [-0.15, -0.1) is 0 Å². The van der Waals surface area contributed by atoms with Crippen LogP contribution in [0.3, 0.4) is 0 Å². The highest BCUT2D eigenvalue weighted by Gasteiger charge is 2.16. The van der Waals surface area contributed by atoms with Gasteiger partial charge in [-0.1, -0.05) is 0 Å². The van der Waals surface area contributed by atoms with Gasteiger partial charge in [-0.3, -0.25) is 4.79 Å². The summed E-state index contributed by atoms with van der Waals surface area (Å²) in [5, 5.41) is 8.59. The zero-order valence-corrected chi connectivity index (χ0v) is 9.59. The smallest absolute Gasteiger partial charge is 0.303 e. The van der Waals surface area contributed by atoms with Crippen molar-refractivity contribution >= 4 is 23.5 Å². The number of carboxylic acid groups (broad SMARTS) is 1. The van der Waals surface area contributed by atoms with Gasteiger partial charge in [0.25, 0.3) is 0 Å². The molecule has 86 valence electrons. The van der Waals surface area contributed by atoms with Crippen molar-refractivity contribution in [1.82, 2.24) is 9.97 Å². The minimum Gasteiger partial charge on any atom is -0.481 e. The molecule has 5 nitrogen and oxygen atoms in total. The highest BCUT2D eigenvalue weighted by Crippen LogP contribution is 2.26. The van der Waals surface area contributed by atoms with Crippen molar-refractivity contribution in [1.29, 1.82) is 0 Å². The molecule has 1 aliphatic rings. The van der Waals surface area contributed by atoms with E-state index in [9.17, 15) is 4.79 Å². The van der Waals surface area contributed by atoms with Crippen molar-refractivity contribution in [3.05, 3.63) is 17.1 Å². The van der Waals surface area contributed by atoms with Gasteiger partial charge in [0.2, 0.25) is 0 Å². The Balaban J connectivity index is 2.21. The maximum Gasteiger partial charge on any atom is 0.303 e. The van der Waals surface area contributed by atoms with Crippen LogP contribution in [0.1, 0.15) is 23.5 Å². The molecule has 2 rings (SSSR count). The number of aromatic nitrogens is 2. The average molecular weight is 239 g/mol. The number of rotatable bonds is 3. The molecule has 0 unspecified atom stereocenters. The van der Waals surface area contributed by atoms with E-state index >= 15 is 0 Å². The minimum absolute atomic E-state index is 0.0470. The van der Waals surface area contributed by atoms with Crippen LogP contribution in [0.25, 0.3) is 0 Å². The summed E-state index contributed by atoms with van der Waals surface area (Å²) in [6.45, 7) is 0. The van der Waals surface area contributed by atoms with Crippen molar-refractivity contribution in [3.8, 4) is 0 Å². The molecule has 0 atom stereocenters. The zero-order valence-electron chi connectivity index (χ0n) is 8.77. The highest BCUT2D eigenvalue weighted by atomic mass is 32.2. The van der Waals surface area contributed by atoms with Gasteiger partial charge in [0, 0.05) is 17.7 Å². The molecule has 1 aromatic heterocycles. The molecule has 0 saturated heterocycles. The highest BCUT2D eigenvalue weighted by molar-refractivity contribution is 7.98. The number of fused-ring (bicyclic) bond motifs is 1. The Hall–Kier alpha value is -1.30. The van der Waals surface area contributed by atoms with Gasteiger partial charge in [-0.2, -0.15) is 11.8 Å². The molecule has 3 N–H and O–H groups in total. The fourth-order valence-electron chi connectivity index (χ4n) is 1.67. The van der Waals surface area contributed by atoms with Gasteiger partial charge < -0.3 is 10.8 Å². The predicted octanol–water partition coefficient (Wildman–Crippen LogP) is 0.865. The molecule has 1 aliphatic heterocycles. The molecule has 0 fully saturated rings. The maximum atomic E-state index is 10.5. The first-order valence-electron chi connectivity index (χ1n) is 5.10. The van der Waals surface area contributed by atoms with Gasteiger partial charge in [0.15, 0.2) is 0 Å². The molecule has 6 heteroatoms. The van der Waals surface area contributed by atoms with Gasteiger partial charge >= 0.3 is 5.97 Å². The van der Waals surface area contributed by atoms with Gasteiger partial charge in [0.05, 0.1) is 12.1 Å². The molecular formula is C10H13N3O2S. The molecule has 0 aliphatic carbocycles. The van der Waals surface area contributed by atoms with E-state index in [0.29, 0.717) is 18.1 Å². The average Bonchev–Trinajstić information content (AvgIpc) is 2.26. The summed E-state index contributed by atoms with van der Waals surface area (Å²) >= 11 is 1.82. The quantitative estimate of drug-likeness (QED) is 0.813. The van der Waals surface area contributed by atoms with Crippen LogP contribution in [-0.4, -0.2) is 26.8 Å². The first-order valence-corrected chi connectivity index (χ1v) is 6.26.